The van der Waals surface area contributed by atoms with Crippen molar-refractivity contribution < 1.29 is 9.90 Å². The predicted molar refractivity (Wildman–Crippen MR) is 78.5 cm³/mol. The Hall–Kier alpha value is -0.940. The Morgan fingerprint density at radius 3 is 2.79 bits per heavy atom. The summed E-state index contributed by atoms with van der Waals surface area (Å²) in [5, 5.41) is 13.9. The molecule has 0 fully saturated rings. The molecular weight excluding hydrogens is 260 g/mol. The molecule has 0 bridgehead atoms. The van der Waals surface area contributed by atoms with E-state index in [0.29, 0.717) is 17.2 Å². The van der Waals surface area contributed by atoms with Crippen LogP contribution in [0.1, 0.15) is 55.2 Å². The van der Waals surface area contributed by atoms with Gasteiger partial charge in [-0.25, -0.2) is 4.98 Å². The van der Waals surface area contributed by atoms with Gasteiger partial charge in [0.05, 0.1) is 16.8 Å². The number of hydrogen-bond acceptors (Lipinski definition) is 4. The van der Waals surface area contributed by atoms with Crippen LogP contribution in [0.4, 0.5) is 0 Å². The molecule has 0 aliphatic carbocycles. The molecule has 1 rings (SSSR count). The molecule has 0 saturated carbocycles. The maximum Gasteiger partial charge on any atom is 0.263 e. The zero-order valence-corrected chi connectivity index (χ0v) is 13.0. The van der Waals surface area contributed by atoms with E-state index in [2.05, 4.69) is 24.1 Å². The van der Waals surface area contributed by atoms with Crippen molar-refractivity contribution in [3.8, 4) is 0 Å². The molecule has 1 amide bonds. The molecule has 0 spiro atoms. The maximum atomic E-state index is 11.9. The molecule has 108 valence electrons. The van der Waals surface area contributed by atoms with Gasteiger partial charge in [-0.3, -0.25) is 4.79 Å². The lowest BCUT2D eigenvalue weighted by Gasteiger charge is -2.24. The van der Waals surface area contributed by atoms with Gasteiger partial charge < -0.3 is 10.4 Å². The molecule has 0 aliphatic heterocycles. The van der Waals surface area contributed by atoms with Crippen LogP contribution in [0.5, 0.6) is 0 Å². The Bertz CT molecular complexity index is 413. The standard InChI is InChI=1S/C14H24N2O2S/c1-5-12-15-8-11(19-12)13(17)16-9-14(4,18)7-6-10(2)3/h8,10,18H,5-7,9H2,1-4H3,(H,16,17). The number of aromatic nitrogens is 1. The molecule has 1 atom stereocenters. The number of rotatable bonds is 7. The summed E-state index contributed by atoms with van der Waals surface area (Å²) in [6, 6.07) is 0. The molecule has 1 aromatic rings. The summed E-state index contributed by atoms with van der Waals surface area (Å²) < 4.78 is 0. The topological polar surface area (TPSA) is 62.2 Å². The summed E-state index contributed by atoms with van der Waals surface area (Å²) in [4.78, 5) is 16.7. The van der Waals surface area contributed by atoms with Crippen LogP contribution in [0.15, 0.2) is 6.20 Å². The van der Waals surface area contributed by atoms with Crippen LogP contribution >= 0.6 is 11.3 Å². The average molecular weight is 284 g/mol. The minimum atomic E-state index is -0.849. The molecule has 0 aromatic carbocycles. The second-order valence-corrected chi connectivity index (χ2v) is 6.70. The van der Waals surface area contributed by atoms with Crippen LogP contribution < -0.4 is 5.32 Å². The minimum absolute atomic E-state index is 0.151. The lowest BCUT2D eigenvalue weighted by atomic mass is 9.95. The van der Waals surface area contributed by atoms with E-state index in [1.807, 2.05) is 6.92 Å². The van der Waals surface area contributed by atoms with Crippen molar-refractivity contribution in [3.05, 3.63) is 16.1 Å². The number of carbonyl (C=O) groups excluding carboxylic acids is 1. The normalized spacial score (nSPS) is 14.4. The van der Waals surface area contributed by atoms with Crippen molar-refractivity contribution in [2.24, 2.45) is 5.92 Å². The van der Waals surface area contributed by atoms with E-state index in [-0.39, 0.29) is 12.5 Å². The number of thiazole rings is 1. The SMILES string of the molecule is CCc1ncc(C(=O)NCC(C)(O)CCC(C)C)s1. The molecule has 5 heteroatoms. The van der Waals surface area contributed by atoms with Crippen LogP contribution in [0, 0.1) is 5.92 Å². The monoisotopic (exact) mass is 284 g/mol. The van der Waals surface area contributed by atoms with Gasteiger partial charge in [0.2, 0.25) is 0 Å². The highest BCUT2D eigenvalue weighted by atomic mass is 32.1. The Morgan fingerprint density at radius 2 is 2.26 bits per heavy atom. The fraction of sp³-hybridized carbons (Fsp3) is 0.714. The zero-order valence-electron chi connectivity index (χ0n) is 12.2. The predicted octanol–water partition coefficient (Wildman–Crippen LogP) is 2.62. The highest BCUT2D eigenvalue weighted by Crippen LogP contribution is 2.17. The van der Waals surface area contributed by atoms with Gasteiger partial charge in [0.25, 0.3) is 5.91 Å². The van der Waals surface area contributed by atoms with E-state index in [9.17, 15) is 9.90 Å². The Balaban J connectivity index is 2.44. The van der Waals surface area contributed by atoms with Gasteiger partial charge in [-0.15, -0.1) is 11.3 Å². The first-order chi connectivity index (χ1) is 8.84. The van der Waals surface area contributed by atoms with Gasteiger partial charge in [0, 0.05) is 6.54 Å². The maximum absolute atomic E-state index is 11.9. The molecule has 0 saturated heterocycles. The van der Waals surface area contributed by atoms with Gasteiger partial charge in [0.1, 0.15) is 4.88 Å². The van der Waals surface area contributed by atoms with Crippen LogP contribution in [-0.2, 0) is 6.42 Å². The highest BCUT2D eigenvalue weighted by Gasteiger charge is 2.22. The van der Waals surface area contributed by atoms with Crippen molar-refractivity contribution in [2.75, 3.05) is 6.54 Å². The van der Waals surface area contributed by atoms with Crippen LogP contribution in [0.3, 0.4) is 0 Å². The van der Waals surface area contributed by atoms with Crippen molar-refractivity contribution in [3.63, 3.8) is 0 Å². The summed E-state index contributed by atoms with van der Waals surface area (Å²) in [5.74, 6) is 0.401. The third-order valence-corrected chi connectivity index (χ3v) is 4.11. The molecule has 4 nitrogen and oxygen atoms in total. The van der Waals surface area contributed by atoms with Crippen LogP contribution in [-0.4, -0.2) is 28.1 Å². The van der Waals surface area contributed by atoms with Gasteiger partial charge in [-0.05, 0) is 32.1 Å². The summed E-state index contributed by atoms with van der Waals surface area (Å²) in [7, 11) is 0. The first kappa shape index (κ1) is 16.1. The lowest BCUT2D eigenvalue weighted by molar-refractivity contribution is 0.0430. The van der Waals surface area contributed by atoms with Gasteiger partial charge in [-0.1, -0.05) is 20.8 Å². The number of hydrogen-bond donors (Lipinski definition) is 2. The number of aliphatic hydroxyl groups is 1. The Kier molecular flexibility index (Phi) is 5.94. The molecule has 1 aromatic heterocycles. The highest BCUT2D eigenvalue weighted by molar-refractivity contribution is 7.13. The number of aryl methyl sites for hydroxylation is 1. The van der Waals surface area contributed by atoms with E-state index in [1.54, 1.807) is 13.1 Å². The van der Waals surface area contributed by atoms with E-state index >= 15 is 0 Å². The number of carbonyl (C=O) groups is 1. The summed E-state index contributed by atoms with van der Waals surface area (Å²) in [6.07, 6.45) is 4.07. The second-order valence-electron chi connectivity index (χ2n) is 5.58. The van der Waals surface area contributed by atoms with Crippen molar-refractivity contribution >= 4 is 17.2 Å². The summed E-state index contributed by atoms with van der Waals surface area (Å²) >= 11 is 1.41. The number of nitrogens with zero attached hydrogens (tertiary/aromatic N) is 1. The van der Waals surface area contributed by atoms with Crippen molar-refractivity contribution in [1.29, 1.82) is 0 Å². The Labute approximate surface area is 119 Å². The lowest BCUT2D eigenvalue weighted by Crippen LogP contribution is -2.40. The fourth-order valence-electron chi connectivity index (χ4n) is 1.62. The number of nitrogens with one attached hydrogen (secondary N) is 1. The average Bonchev–Trinajstić information content (AvgIpc) is 2.82. The van der Waals surface area contributed by atoms with Crippen LogP contribution in [0.2, 0.25) is 0 Å². The molecule has 1 unspecified atom stereocenters. The van der Waals surface area contributed by atoms with Gasteiger partial charge in [-0.2, -0.15) is 0 Å². The van der Waals surface area contributed by atoms with Crippen molar-refractivity contribution in [2.45, 2.75) is 52.6 Å². The van der Waals surface area contributed by atoms with E-state index in [4.69, 9.17) is 0 Å². The van der Waals surface area contributed by atoms with Gasteiger partial charge in [0.15, 0.2) is 0 Å². The molecular formula is C14H24N2O2S. The Morgan fingerprint density at radius 1 is 1.58 bits per heavy atom. The third-order valence-electron chi connectivity index (χ3n) is 2.97. The minimum Gasteiger partial charge on any atom is -0.388 e. The number of amides is 1. The molecule has 1 heterocycles. The third kappa shape index (κ3) is 5.70. The first-order valence-corrected chi connectivity index (χ1v) is 7.61. The summed E-state index contributed by atoms with van der Waals surface area (Å²) in [6.45, 7) is 8.30. The summed E-state index contributed by atoms with van der Waals surface area (Å²) in [5.41, 5.74) is -0.849. The van der Waals surface area contributed by atoms with Gasteiger partial charge >= 0.3 is 0 Å². The van der Waals surface area contributed by atoms with Crippen LogP contribution in [0.25, 0.3) is 0 Å². The first-order valence-electron chi connectivity index (χ1n) is 6.79. The van der Waals surface area contributed by atoms with Crippen molar-refractivity contribution in [1.82, 2.24) is 10.3 Å². The van der Waals surface area contributed by atoms with E-state index in [1.165, 1.54) is 11.3 Å². The second kappa shape index (κ2) is 7.01. The molecule has 0 aliphatic rings. The van der Waals surface area contributed by atoms with E-state index in [0.717, 1.165) is 17.8 Å². The fourth-order valence-corrected chi connectivity index (χ4v) is 2.40. The zero-order chi connectivity index (χ0) is 14.5. The quantitative estimate of drug-likeness (QED) is 0.809. The van der Waals surface area contributed by atoms with E-state index < -0.39 is 5.60 Å². The smallest absolute Gasteiger partial charge is 0.263 e. The molecule has 2 N–H and O–H groups in total. The molecule has 0 radical (unpaired) electrons. The molecule has 19 heavy (non-hydrogen) atoms. The largest absolute Gasteiger partial charge is 0.388 e.